The van der Waals surface area contributed by atoms with Crippen molar-refractivity contribution in [1.82, 2.24) is 20.0 Å². The van der Waals surface area contributed by atoms with Crippen LogP contribution in [0.2, 0.25) is 5.02 Å². The van der Waals surface area contributed by atoms with Gasteiger partial charge in [0, 0.05) is 25.8 Å². The first-order valence-corrected chi connectivity index (χ1v) is 8.81. The first kappa shape index (κ1) is 21.4. The van der Waals surface area contributed by atoms with E-state index in [2.05, 4.69) is 20.6 Å². The highest BCUT2D eigenvalue weighted by atomic mass is 35.5. The zero-order valence-corrected chi connectivity index (χ0v) is 16.8. The molecular weight excluding hydrogens is 425 g/mol. The summed E-state index contributed by atoms with van der Waals surface area (Å²) in [7, 11) is 4.91. The SMILES string of the molecule is COc1ccc(-n2ncc(C(=O)Nc3ccc(N(C)C)c(Cl)c3)c2C(F)(F)F)nn1. The summed E-state index contributed by atoms with van der Waals surface area (Å²) in [5.74, 6) is -1.10. The molecule has 0 spiro atoms. The summed E-state index contributed by atoms with van der Waals surface area (Å²) in [6.45, 7) is 0. The third kappa shape index (κ3) is 4.30. The Hall–Kier alpha value is -3.34. The van der Waals surface area contributed by atoms with E-state index in [0.29, 0.717) is 15.4 Å². The number of rotatable bonds is 5. The fraction of sp³-hybridized carbons (Fsp3) is 0.222. The molecule has 0 fully saturated rings. The summed E-state index contributed by atoms with van der Waals surface area (Å²) in [4.78, 5) is 14.3. The Balaban J connectivity index is 1.96. The average molecular weight is 441 g/mol. The number of hydrogen-bond acceptors (Lipinski definition) is 6. The molecule has 2 aromatic heterocycles. The molecule has 0 saturated heterocycles. The molecule has 1 aromatic carbocycles. The molecule has 0 unspecified atom stereocenters. The fourth-order valence-electron chi connectivity index (χ4n) is 2.64. The van der Waals surface area contributed by atoms with Crippen LogP contribution in [0.25, 0.3) is 5.82 Å². The molecule has 3 aromatic rings. The smallest absolute Gasteiger partial charge is 0.434 e. The van der Waals surface area contributed by atoms with Gasteiger partial charge in [-0.2, -0.15) is 18.3 Å². The first-order valence-electron chi connectivity index (χ1n) is 8.43. The van der Waals surface area contributed by atoms with Crippen LogP contribution in [0.3, 0.4) is 0 Å². The molecule has 0 aliphatic rings. The number of nitrogens with zero attached hydrogens (tertiary/aromatic N) is 5. The van der Waals surface area contributed by atoms with Gasteiger partial charge < -0.3 is 15.0 Å². The summed E-state index contributed by atoms with van der Waals surface area (Å²) in [6, 6.07) is 7.19. The van der Waals surface area contributed by atoms with Gasteiger partial charge in [0.25, 0.3) is 5.91 Å². The number of methoxy groups -OCH3 is 1. The largest absolute Gasteiger partial charge is 0.480 e. The highest BCUT2D eigenvalue weighted by Crippen LogP contribution is 2.34. The minimum Gasteiger partial charge on any atom is -0.480 e. The zero-order valence-electron chi connectivity index (χ0n) is 16.0. The molecule has 0 atom stereocenters. The summed E-state index contributed by atoms with van der Waals surface area (Å²) < 4.78 is 46.6. The van der Waals surface area contributed by atoms with Crippen LogP contribution < -0.4 is 15.0 Å². The molecule has 1 amide bonds. The van der Waals surface area contributed by atoms with Crippen LogP contribution in [0.4, 0.5) is 24.5 Å². The molecule has 0 radical (unpaired) electrons. The molecule has 0 aliphatic heterocycles. The van der Waals surface area contributed by atoms with Gasteiger partial charge in [0.05, 0.1) is 29.6 Å². The number of anilines is 2. The lowest BCUT2D eigenvalue weighted by Gasteiger charge is -2.16. The van der Waals surface area contributed by atoms with Gasteiger partial charge in [-0.15, -0.1) is 10.2 Å². The Morgan fingerprint density at radius 2 is 1.93 bits per heavy atom. The van der Waals surface area contributed by atoms with Crippen molar-refractivity contribution in [3.05, 3.63) is 52.8 Å². The van der Waals surface area contributed by atoms with Crippen LogP contribution >= 0.6 is 11.6 Å². The number of aromatic nitrogens is 4. The van der Waals surface area contributed by atoms with Crippen LogP contribution in [0.15, 0.2) is 36.5 Å². The van der Waals surface area contributed by atoms with E-state index in [4.69, 9.17) is 16.3 Å². The highest BCUT2D eigenvalue weighted by Gasteiger charge is 2.41. The van der Waals surface area contributed by atoms with Gasteiger partial charge in [0.15, 0.2) is 11.5 Å². The van der Waals surface area contributed by atoms with Gasteiger partial charge in [0.2, 0.25) is 5.88 Å². The third-order valence-electron chi connectivity index (χ3n) is 4.02. The highest BCUT2D eigenvalue weighted by molar-refractivity contribution is 6.33. The minimum atomic E-state index is -4.88. The summed E-state index contributed by atoms with van der Waals surface area (Å²) in [5.41, 5.74) is -1.03. The van der Waals surface area contributed by atoms with E-state index in [1.807, 2.05) is 0 Å². The van der Waals surface area contributed by atoms with Gasteiger partial charge in [0.1, 0.15) is 0 Å². The first-order chi connectivity index (χ1) is 14.1. The molecule has 0 aliphatic carbocycles. The molecule has 158 valence electrons. The van der Waals surface area contributed by atoms with Crippen molar-refractivity contribution >= 4 is 28.9 Å². The Bertz CT molecular complexity index is 1070. The van der Waals surface area contributed by atoms with Crippen molar-refractivity contribution in [3.63, 3.8) is 0 Å². The Morgan fingerprint density at radius 3 is 2.47 bits per heavy atom. The third-order valence-corrected chi connectivity index (χ3v) is 4.32. The molecule has 30 heavy (non-hydrogen) atoms. The van der Waals surface area contributed by atoms with Gasteiger partial charge >= 0.3 is 6.18 Å². The van der Waals surface area contributed by atoms with E-state index in [9.17, 15) is 18.0 Å². The molecule has 0 bridgehead atoms. The minimum absolute atomic E-state index is 0.121. The molecule has 1 N–H and O–H groups in total. The number of carbonyl (C=O) groups is 1. The number of ether oxygens (including phenoxy) is 1. The molecule has 8 nitrogen and oxygen atoms in total. The second-order valence-electron chi connectivity index (χ2n) is 6.27. The van der Waals surface area contributed by atoms with E-state index in [1.54, 1.807) is 25.1 Å². The Labute approximate surface area is 174 Å². The van der Waals surface area contributed by atoms with E-state index < -0.39 is 23.3 Å². The van der Waals surface area contributed by atoms with Crippen LogP contribution in [0, 0.1) is 0 Å². The normalized spacial score (nSPS) is 11.3. The number of hydrogen-bond donors (Lipinski definition) is 1. The maximum absolute atomic E-state index is 13.7. The van der Waals surface area contributed by atoms with Crippen molar-refractivity contribution in [2.75, 3.05) is 31.4 Å². The zero-order chi connectivity index (χ0) is 22.1. The monoisotopic (exact) mass is 440 g/mol. The van der Waals surface area contributed by atoms with E-state index in [0.717, 1.165) is 6.20 Å². The topological polar surface area (TPSA) is 85.2 Å². The standard InChI is InChI=1S/C18H16ClF3N6O2/c1-27(2)13-5-4-10(8-12(13)19)24-17(29)11-9-23-28(16(11)18(20,21)22)14-6-7-15(30-3)26-25-14/h4-9H,1-3H3,(H,24,29). The van der Waals surface area contributed by atoms with Crippen molar-refractivity contribution < 1.29 is 22.7 Å². The fourth-order valence-corrected chi connectivity index (χ4v) is 2.99. The van der Waals surface area contributed by atoms with Crippen molar-refractivity contribution in [3.8, 4) is 11.7 Å². The van der Waals surface area contributed by atoms with Gasteiger partial charge in [-0.25, -0.2) is 4.68 Å². The average Bonchev–Trinajstić information content (AvgIpc) is 3.13. The van der Waals surface area contributed by atoms with Crippen LogP contribution in [0.5, 0.6) is 5.88 Å². The van der Waals surface area contributed by atoms with Crippen LogP contribution in [0.1, 0.15) is 16.1 Å². The van der Waals surface area contributed by atoms with Crippen molar-refractivity contribution in [2.24, 2.45) is 0 Å². The van der Waals surface area contributed by atoms with E-state index in [1.165, 1.54) is 31.4 Å². The predicted molar refractivity (Wildman–Crippen MR) is 104 cm³/mol. The molecule has 0 saturated carbocycles. The number of amides is 1. The van der Waals surface area contributed by atoms with Gasteiger partial charge in [-0.05, 0) is 24.3 Å². The number of benzene rings is 1. The van der Waals surface area contributed by atoms with Gasteiger partial charge in [-0.1, -0.05) is 11.6 Å². The molecule has 3 rings (SSSR count). The maximum Gasteiger partial charge on any atom is 0.434 e. The van der Waals surface area contributed by atoms with E-state index in [-0.39, 0.29) is 17.4 Å². The summed E-state index contributed by atoms with van der Waals surface area (Å²) >= 11 is 6.15. The van der Waals surface area contributed by atoms with Gasteiger partial charge in [-0.3, -0.25) is 4.79 Å². The second kappa shape index (κ2) is 8.19. The van der Waals surface area contributed by atoms with Crippen LogP contribution in [-0.4, -0.2) is 47.1 Å². The van der Waals surface area contributed by atoms with Crippen molar-refractivity contribution in [1.29, 1.82) is 0 Å². The second-order valence-corrected chi connectivity index (χ2v) is 6.67. The molecule has 2 heterocycles. The number of nitrogens with one attached hydrogen (secondary N) is 1. The molecular formula is C18H16ClF3N6O2. The van der Waals surface area contributed by atoms with Crippen molar-refractivity contribution in [2.45, 2.75) is 6.18 Å². The van der Waals surface area contributed by atoms with E-state index >= 15 is 0 Å². The Kier molecular flexibility index (Phi) is 5.83. The maximum atomic E-state index is 13.7. The lowest BCUT2D eigenvalue weighted by Crippen LogP contribution is -2.21. The summed E-state index contributed by atoms with van der Waals surface area (Å²) in [6.07, 6.45) is -4.06. The quantitative estimate of drug-likeness (QED) is 0.651. The van der Waals surface area contributed by atoms with Crippen LogP contribution in [-0.2, 0) is 6.18 Å². The molecule has 12 heteroatoms. The predicted octanol–water partition coefficient (Wildman–Crippen LogP) is 3.66. The Morgan fingerprint density at radius 1 is 1.20 bits per heavy atom. The summed E-state index contributed by atoms with van der Waals surface area (Å²) in [5, 5.41) is 13.7. The number of carbonyl (C=O) groups excluding carboxylic acids is 1. The lowest BCUT2D eigenvalue weighted by atomic mass is 10.2. The number of halogens is 4. The number of alkyl halides is 3. The lowest BCUT2D eigenvalue weighted by molar-refractivity contribution is -0.143.